The molecular formula is C18H24O4. The lowest BCUT2D eigenvalue weighted by atomic mass is 10.1. The average Bonchev–Trinajstić information content (AvgIpc) is 2.44. The van der Waals surface area contributed by atoms with Gasteiger partial charge in [-0.2, -0.15) is 0 Å². The summed E-state index contributed by atoms with van der Waals surface area (Å²) in [7, 11) is 0. The third-order valence-corrected chi connectivity index (χ3v) is 3.01. The molecule has 4 nitrogen and oxygen atoms in total. The first-order valence-electron chi connectivity index (χ1n) is 7.66. The highest BCUT2D eigenvalue weighted by Gasteiger charge is 2.04. The molecule has 0 aliphatic carbocycles. The van der Waals surface area contributed by atoms with Crippen LogP contribution in [0.1, 0.15) is 43.7 Å². The van der Waals surface area contributed by atoms with E-state index in [0.29, 0.717) is 12.4 Å². The van der Waals surface area contributed by atoms with Crippen molar-refractivity contribution in [1.29, 1.82) is 0 Å². The van der Waals surface area contributed by atoms with Gasteiger partial charge in [0.2, 0.25) is 0 Å². The third kappa shape index (κ3) is 7.62. The van der Waals surface area contributed by atoms with Crippen molar-refractivity contribution in [3.05, 3.63) is 41.5 Å². The molecule has 0 heterocycles. The molecule has 0 spiro atoms. The Kier molecular flexibility index (Phi) is 7.97. The van der Waals surface area contributed by atoms with Gasteiger partial charge in [0.15, 0.2) is 0 Å². The van der Waals surface area contributed by atoms with Gasteiger partial charge < -0.3 is 9.47 Å². The maximum atomic E-state index is 11.6. The van der Waals surface area contributed by atoms with E-state index in [1.807, 2.05) is 19.9 Å². The molecule has 0 N–H and O–H groups in total. The summed E-state index contributed by atoms with van der Waals surface area (Å²) >= 11 is 0. The number of aryl methyl sites for hydroxylation is 2. The Bertz CT molecular complexity index is 512. The summed E-state index contributed by atoms with van der Waals surface area (Å²) in [6, 6.07) is 5.53. The van der Waals surface area contributed by atoms with Crippen molar-refractivity contribution in [2.45, 2.75) is 46.5 Å². The second kappa shape index (κ2) is 9.77. The summed E-state index contributed by atoms with van der Waals surface area (Å²) in [6.07, 6.45) is 6.35. The number of carbonyl (C=O) groups excluding carboxylic acids is 2. The van der Waals surface area contributed by atoms with E-state index in [1.165, 1.54) is 0 Å². The molecular weight excluding hydrogens is 280 g/mol. The number of rotatable bonds is 8. The van der Waals surface area contributed by atoms with Gasteiger partial charge in [-0.25, -0.2) is 9.59 Å². The van der Waals surface area contributed by atoms with E-state index in [0.717, 1.165) is 49.0 Å². The summed E-state index contributed by atoms with van der Waals surface area (Å²) in [5.41, 5.74) is 2.02. The lowest BCUT2D eigenvalue weighted by Gasteiger charge is -2.04. The summed E-state index contributed by atoms with van der Waals surface area (Å²) in [5, 5.41) is 0. The topological polar surface area (TPSA) is 52.6 Å². The van der Waals surface area contributed by atoms with Crippen LogP contribution in [0.2, 0.25) is 0 Å². The van der Waals surface area contributed by atoms with Crippen molar-refractivity contribution in [1.82, 2.24) is 0 Å². The predicted molar refractivity (Wildman–Crippen MR) is 85.8 cm³/mol. The van der Waals surface area contributed by atoms with Gasteiger partial charge in [0.25, 0.3) is 0 Å². The highest BCUT2D eigenvalue weighted by molar-refractivity contribution is 5.92. The number of unbranched alkanes of at least 4 members (excludes halogenated alkanes) is 3. The highest BCUT2D eigenvalue weighted by atomic mass is 16.5. The fourth-order valence-corrected chi connectivity index (χ4v) is 2.03. The average molecular weight is 304 g/mol. The van der Waals surface area contributed by atoms with Crippen LogP contribution in [0.15, 0.2) is 30.4 Å². The van der Waals surface area contributed by atoms with Gasteiger partial charge in [-0.3, -0.25) is 0 Å². The fraction of sp³-hybridized carbons (Fsp3) is 0.444. The monoisotopic (exact) mass is 304 g/mol. The minimum atomic E-state index is -0.590. The molecule has 0 fully saturated rings. The van der Waals surface area contributed by atoms with Crippen molar-refractivity contribution in [3.8, 4) is 5.75 Å². The van der Waals surface area contributed by atoms with Crippen LogP contribution in [-0.4, -0.2) is 18.5 Å². The molecule has 0 saturated carbocycles. The van der Waals surface area contributed by atoms with Crippen molar-refractivity contribution >= 4 is 11.9 Å². The molecule has 0 unspecified atom stereocenters. The van der Waals surface area contributed by atoms with E-state index in [1.54, 1.807) is 12.1 Å². The van der Waals surface area contributed by atoms with Crippen molar-refractivity contribution in [2.75, 3.05) is 6.61 Å². The van der Waals surface area contributed by atoms with E-state index < -0.39 is 11.9 Å². The van der Waals surface area contributed by atoms with Crippen LogP contribution in [0.25, 0.3) is 0 Å². The summed E-state index contributed by atoms with van der Waals surface area (Å²) < 4.78 is 10.1. The van der Waals surface area contributed by atoms with Gasteiger partial charge in [0, 0.05) is 12.2 Å². The van der Waals surface area contributed by atoms with E-state index in [4.69, 9.17) is 9.47 Å². The Morgan fingerprint density at radius 3 is 2.23 bits per heavy atom. The first-order valence-corrected chi connectivity index (χ1v) is 7.66. The van der Waals surface area contributed by atoms with Gasteiger partial charge in [-0.1, -0.05) is 32.3 Å². The Balaban J connectivity index is 2.35. The van der Waals surface area contributed by atoms with Gasteiger partial charge >= 0.3 is 11.9 Å². The molecule has 0 aromatic heterocycles. The molecule has 22 heavy (non-hydrogen) atoms. The maximum absolute atomic E-state index is 11.6. The highest BCUT2D eigenvalue weighted by Crippen LogP contribution is 2.16. The zero-order chi connectivity index (χ0) is 16.4. The molecule has 4 heteroatoms. The van der Waals surface area contributed by atoms with Crippen molar-refractivity contribution in [3.63, 3.8) is 0 Å². The zero-order valence-corrected chi connectivity index (χ0v) is 13.6. The number of ether oxygens (including phenoxy) is 2. The number of carbonyl (C=O) groups is 2. The second-order valence-corrected chi connectivity index (χ2v) is 5.31. The number of hydrogen-bond donors (Lipinski definition) is 0. The Hall–Kier alpha value is -2.10. The van der Waals surface area contributed by atoms with E-state index in [9.17, 15) is 9.59 Å². The molecule has 0 radical (unpaired) electrons. The van der Waals surface area contributed by atoms with Crippen LogP contribution >= 0.6 is 0 Å². The van der Waals surface area contributed by atoms with Gasteiger partial charge in [-0.15, -0.1) is 0 Å². The quantitative estimate of drug-likeness (QED) is 0.316. The Morgan fingerprint density at radius 1 is 0.955 bits per heavy atom. The molecule has 0 amide bonds. The number of benzene rings is 1. The van der Waals surface area contributed by atoms with Crippen LogP contribution in [-0.2, 0) is 14.3 Å². The number of hydrogen-bond acceptors (Lipinski definition) is 4. The molecule has 0 aliphatic heterocycles. The standard InChI is InChI=1S/C18H24O4/c1-4-5-6-7-10-21-17(19)8-9-18(20)22-16-12-14(2)11-15(3)13-16/h8-9,11-13H,4-7,10H2,1-3H3/b9-8+. The van der Waals surface area contributed by atoms with Gasteiger partial charge in [0.05, 0.1) is 6.61 Å². The zero-order valence-electron chi connectivity index (χ0n) is 13.6. The molecule has 0 bridgehead atoms. The van der Waals surface area contributed by atoms with Gasteiger partial charge in [-0.05, 0) is 43.5 Å². The smallest absolute Gasteiger partial charge is 0.336 e. The van der Waals surface area contributed by atoms with Crippen LogP contribution in [0.5, 0.6) is 5.75 Å². The summed E-state index contributed by atoms with van der Waals surface area (Å²) in [4.78, 5) is 23.1. The van der Waals surface area contributed by atoms with Crippen molar-refractivity contribution in [2.24, 2.45) is 0 Å². The second-order valence-electron chi connectivity index (χ2n) is 5.31. The number of esters is 2. The SMILES string of the molecule is CCCCCCOC(=O)/C=C/C(=O)Oc1cc(C)cc(C)c1. The largest absolute Gasteiger partial charge is 0.463 e. The van der Waals surface area contributed by atoms with Crippen LogP contribution in [0.3, 0.4) is 0 Å². The molecule has 0 atom stereocenters. The maximum Gasteiger partial charge on any atom is 0.336 e. The van der Waals surface area contributed by atoms with E-state index >= 15 is 0 Å². The predicted octanol–water partition coefficient (Wildman–Crippen LogP) is 3.89. The Labute approximate surface area is 132 Å². The van der Waals surface area contributed by atoms with Crippen molar-refractivity contribution < 1.29 is 19.1 Å². The molecule has 0 saturated heterocycles. The molecule has 0 aliphatic rings. The minimum absolute atomic E-state index is 0.384. The van der Waals surface area contributed by atoms with E-state index in [-0.39, 0.29) is 0 Å². The summed E-state index contributed by atoms with van der Waals surface area (Å²) in [5.74, 6) is -0.637. The summed E-state index contributed by atoms with van der Waals surface area (Å²) in [6.45, 7) is 6.36. The van der Waals surface area contributed by atoms with Crippen LogP contribution < -0.4 is 4.74 Å². The van der Waals surface area contributed by atoms with Gasteiger partial charge in [0.1, 0.15) is 5.75 Å². The fourth-order valence-electron chi connectivity index (χ4n) is 2.03. The lowest BCUT2D eigenvalue weighted by Crippen LogP contribution is -2.07. The molecule has 1 aromatic rings. The van der Waals surface area contributed by atoms with E-state index in [2.05, 4.69) is 6.92 Å². The first-order chi connectivity index (χ1) is 10.5. The minimum Gasteiger partial charge on any atom is -0.463 e. The lowest BCUT2D eigenvalue weighted by molar-refractivity contribution is -0.138. The third-order valence-electron chi connectivity index (χ3n) is 3.01. The molecule has 1 aromatic carbocycles. The first kappa shape index (κ1) is 18.0. The normalized spacial score (nSPS) is 10.7. The molecule has 120 valence electrons. The van der Waals surface area contributed by atoms with Crippen LogP contribution in [0, 0.1) is 13.8 Å². The molecule has 1 rings (SSSR count). The Morgan fingerprint density at radius 2 is 1.59 bits per heavy atom. The van der Waals surface area contributed by atoms with Crippen LogP contribution in [0.4, 0.5) is 0 Å².